The van der Waals surface area contributed by atoms with Crippen LogP contribution in [0, 0.1) is 0 Å². The Kier molecular flexibility index (Phi) is 7.73. The minimum absolute atomic E-state index is 0.0709. The van der Waals surface area contributed by atoms with Crippen molar-refractivity contribution >= 4 is 23.4 Å². The van der Waals surface area contributed by atoms with Crippen LogP contribution in [0.2, 0.25) is 0 Å². The van der Waals surface area contributed by atoms with Gasteiger partial charge in [0.25, 0.3) is 0 Å². The number of nitrogens with zero attached hydrogens (tertiary/aromatic N) is 3. The highest BCUT2D eigenvalue weighted by Gasteiger charge is 2.15. The Morgan fingerprint density at radius 1 is 1.07 bits per heavy atom. The number of hydrogen-bond acceptors (Lipinski definition) is 6. The molecule has 0 spiro atoms. The molecule has 0 atom stereocenters. The summed E-state index contributed by atoms with van der Waals surface area (Å²) in [6.45, 7) is 5.02. The van der Waals surface area contributed by atoms with E-state index >= 15 is 0 Å². The molecule has 1 heterocycles. The van der Waals surface area contributed by atoms with Crippen LogP contribution in [0.5, 0.6) is 11.5 Å². The van der Waals surface area contributed by atoms with E-state index in [4.69, 9.17) is 9.47 Å². The van der Waals surface area contributed by atoms with Gasteiger partial charge in [-0.15, -0.1) is 10.2 Å². The number of para-hydroxylation sites is 3. The third-order valence-electron chi connectivity index (χ3n) is 4.54. The monoisotopic (exact) mass is 426 g/mol. The van der Waals surface area contributed by atoms with Gasteiger partial charge in [0.2, 0.25) is 5.91 Å². The second-order valence-corrected chi connectivity index (χ2v) is 7.37. The molecule has 1 N–H and O–H groups in total. The van der Waals surface area contributed by atoms with Crippen molar-refractivity contribution < 1.29 is 14.3 Å². The maximum absolute atomic E-state index is 12.4. The molecule has 1 aromatic heterocycles. The molecule has 7 nitrogen and oxygen atoms in total. The minimum atomic E-state index is -0.0709. The third kappa shape index (κ3) is 5.33. The summed E-state index contributed by atoms with van der Waals surface area (Å²) in [5, 5.41) is 12.2. The van der Waals surface area contributed by atoms with E-state index in [9.17, 15) is 4.79 Å². The van der Waals surface area contributed by atoms with Gasteiger partial charge in [0.05, 0.1) is 12.9 Å². The van der Waals surface area contributed by atoms with Crippen LogP contribution >= 0.6 is 11.8 Å². The lowest BCUT2D eigenvalue weighted by Crippen LogP contribution is -2.16. The zero-order valence-corrected chi connectivity index (χ0v) is 18.2. The molecular weight excluding hydrogens is 400 g/mol. The Hall–Kier alpha value is -3.00. The van der Waals surface area contributed by atoms with Gasteiger partial charge < -0.3 is 19.4 Å². The minimum Gasteiger partial charge on any atom is -0.493 e. The molecule has 0 saturated carbocycles. The number of thioether (sulfide) groups is 1. The second-order valence-electron chi connectivity index (χ2n) is 6.43. The summed E-state index contributed by atoms with van der Waals surface area (Å²) in [4.78, 5) is 12.4. The number of carbonyl (C=O) groups is 1. The highest BCUT2D eigenvalue weighted by Crippen LogP contribution is 2.27. The first-order chi connectivity index (χ1) is 14.7. The number of hydrogen-bond donors (Lipinski definition) is 1. The van der Waals surface area contributed by atoms with Gasteiger partial charge in [-0.25, -0.2) is 0 Å². The first-order valence-corrected chi connectivity index (χ1v) is 10.8. The third-order valence-corrected chi connectivity index (χ3v) is 5.51. The molecule has 0 aliphatic rings. The molecule has 0 fully saturated rings. The molecule has 0 bridgehead atoms. The predicted molar refractivity (Wildman–Crippen MR) is 118 cm³/mol. The summed E-state index contributed by atoms with van der Waals surface area (Å²) in [5.41, 5.74) is 1.97. The molecule has 0 unspecified atom stereocenters. The van der Waals surface area contributed by atoms with E-state index in [2.05, 4.69) is 22.4 Å². The van der Waals surface area contributed by atoms with Crippen molar-refractivity contribution in [3.8, 4) is 11.5 Å². The van der Waals surface area contributed by atoms with Crippen LogP contribution in [0.1, 0.15) is 25.2 Å². The number of aryl methyl sites for hydroxylation is 1. The van der Waals surface area contributed by atoms with E-state index < -0.39 is 0 Å². The van der Waals surface area contributed by atoms with Crippen molar-refractivity contribution in [3.05, 3.63) is 59.9 Å². The van der Waals surface area contributed by atoms with Crippen molar-refractivity contribution in [1.82, 2.24) is 14.8 Å². The number of rotatable bonds is 10. The average molecular weight is 427 g/mol. The normalized spacial score (nSPS) is 10.6. The van der Waals surface area contributed by atoms with Gasteiger partial charge in [-0.05, 0) is 37.1 Å². The number of ether oxygens (including phenoxy) is 2. The quantitative estimate of drug-likeness (QED) is 0.490. The number of benzene rings is 2. The van der Waals surface area contributed by atoms with Gasteiger partial charge in [-0.2, -0.15) is 0 Å². The molecule has 8 heteroatoms. The van der Waals surface area contributed by atoms with Crippen LogP contribution in [0.25, 0.3) is 0 Å². The van der Waals surface area contributed by atoms with Crippen LogP contribution in [-0.2, 0) is 24.4 Å². The van der Waals surface area contributed by atoms with Crippen molar-refractivity contribution in [2.75, 3.05) is 18.2 Å². The number of carbonyl (C=O) groups excluding carboxylic acids is 1. The van der Waals surface area contributed by atoms with Crippen molar-refractivity contribution in [2.24, 2.45) is 0 Å². The average Bonchev–Trinajstić information content (AvgIpc) is 3.18. The standard InChI is InChI=1S/C22H26N4O3S/c1-4-16-10-6-7-11-17(16)23-21(27)15-30-22-25-24-20(26(22)5-2)14-29-19-13-9-8-12-18(19)28-3/h6-13H,4-5,14-15H2,1-3H3,(H,23,27). The molecule has 1 amide bonds. The van der Waals surface area contributed by atoms with Crippen LogP contribution < -0.4 is 14.8 Å². The van der Waals surface area contributed by atoms with Gasteiger partial charge in [-0.3, -0.25) is 4.79 Å². The summed E-state index contributed by atoms with van der Waals surface area (Å²) in [6.07, 6.45) is 0.864. The molecule has 0 saturated heterocycles. The highest BCUT2D eigenvalue weighted by atomic mass is 32.2. The molecule has 0 aliphatic carbocycles. The summed E-state index contributed by atoms with van der Waals surface area (Å²) >= 11 is 1.36. The zero-order chi connectivity index (χ0) is 21.3. The fourth-order valence-electron chi connectivity index (χ4n) is 3.00. The number of amides is 1. The molecule has 3 aromatic rings. The smallest absolute Gasteiger partial charge is 0.234 e. The van der Waals surface area contributed by atoms with Crippen LogP contribution in [-0.4, -0.2) is 33.5 Å². The molecule has 2 aromatic carbocycles. The van der Waals surface area contributed by atoms with Crippen LogP contribution in [0.15, 0.2) is 53.7 Å². The summed E-state index contributed by atoms with van der Waals surface area (Å²) in [5.74, 6) is 2.19. The first kappa shape index (κ1) is 21.7. The maximum Gasteiger partial charge on any atom is 0.234 e. The summed E-state index contributed by atoms with van der Waals surface area (Å²) < 4.78 is 13.1. The number of methoxy groups -OCH3 is 1. The fourth-order valence-corrected chi connectivity index (χ4v) is 3.82. The SMILES string of the molecule is CCc1ccccc1NC(=O)CSc1nnc(COc2ccccc2OC)n1CC. The van der Waals surface area contributed by atoms with E-state index in [-0.39, 0.29) is 18.3 Å². The maximum atomic E-state index is 12.4. The number of anilines is 1. The van der Waals surface area contributed by atoms with Gasteiger partial charge in [-0.1, -0.05) is 49.0 Å². The summed E-state index contributed by atoms with van der Waals surface area (Å²) in [7, 11) is 1.61. The Labute approximate surface area is 180 Å². The molecule has 158 valence electrons. The summed E-state index contributed by atoms with van der Waals surface area (Å²) in [6, 6.07) is 15.3. The lowest BCUT2D eigenvalue weighted by Gasteiger charge is -2.11. The second kappa shape index (κ2) is 10.7. The number of aromatic nitrogens is 3. The van der Waals surface area contributed by atoms with E-state index in [0.29, 0.717) is 29.0 Å². The van der Waals surface area contributed by atoms with Gasteiger partial charge in [0.15, 0.2) is 22.5 Å². The largest absolute Gasteiger partial charge is 0.493 e. The Morgan fingerprint density at radius 3 is 2.53 bits per heavy atom. The van der Waals surface area contributed by atoms with Gasteiger partial charge >= 0.3 is 0 Å². The van der Waals surface area contributed by atoms with Crippen LogP contribution in [0.3, 0.4) is 0 Å². The van der Waals surface area contributed by atoms with Crippen LogP contribution in [0.4, 0.5) is 5.69 Å². The van der Waals surface area contributed by atoms with Gasteiger partial charge in [0, 0.05) is 12.2 Å². The van der Waals surface area contributed by atoms with E-state index in [1.165, 1.54) is 11.8 Å². The first-order valence-electron chi connectivity index (χ1n) is 9.84. The van der Waals surface area contributed by atoms with Crippen molar-refractivity contribution in [3.63, 3.8) is 0 Å². The number of nitrogens with one attached hydrogen (secondary N) is 1. The Balaban J connectivity index is 1.60. The Bertz CT molecular complexity index is 990. The lowest BCUT2D eigenvalue weighted by molar-refractivity contribution is -0.113. The van der Waals surface area contributed by atoms with Crippen molar-refractivity contribution in [2.45, 2.75) is 38.6 Å². The molecule has 0 aliphatic heterocycles. The fraction of sp³-hybridized carbons (Fsp3) is 0.318. The topological polar surface area (TPSA) is 78.3 Å². The zero-order valence-electron chi connectivity index (χ0n) is 17.4. The van der Waals surface area contributed by atoms with E-state index in [1.807, 2.05) is 60.0 Å². The molecule has 0 radical (unpaired) electrons. The van der Waals surface area contributed by atoms with Gasteiger partial charge in [0.1, 0.15) is 6.61 Å². The lowest BCUT2D eigenvalue weighted by atomic mass is 10.1. The predicted octanol–water partition coefficient (Wildman–Crippen LogP) is 4.18. The Morgan fingerprint density at radius 2 is 1.80 bits per heavy atom. The highest BCUT2D eigenvalue weighted by molar-refractivity contribution is 7.99. The van der Waals surface area contributed by atoms with Crippen molar-refractivity contribution in [1.29, 1.82) is 0 Å². The molecular formula is C22H26N4O3S. The molecule has 3 rings (SSSR count). The molecule has 30 heavy (non-hydrogen) atoms. The van der Waals surface area contributed by atoms with E-state index in [1.54, 1.807) is 7.11 Å². The van der Waals surface area contributed by atoms with E-state index in [0.717, 1.165) is 17.7 Å².